The quantitative estimate of drug-likeness (QED) is 0.790. The molecular weight excluding hydrogens is 297 g/mol. The molecule has 0 aliphatic carbocycles. The van der Waals surface area contributed by atoms with Gasteiger partial charge in [-0.2, -0.15) is 0 Å². The number of halogens is 2. The highest BCUT2D eigenvalue weighted by atomic mass is 35.5. The van der Waals surface area contributed by atoms with Gasteiger partial charge in [0.15, 0.2) is 5.65 Å². The molecule has 4 unspecified atom stereocenters. The van der Waals surface area contributed by atoms with Gasteiger partial charge < -0.3 is 9.30 Å². The molecule has 0 amide bonds. The Bertz CT molecular complexity index is 670. The zero-order chi connectivity index (χ0) is 13.9. The Balaban J connectivity index is 1.90. The maximum absolute atomic E-state index is 6.32. The predicted molar refractivity (Wildman–Crippen MR) is 78.4 cm³/mol. The summed E-state index contributed by atoms with van der Waals surface area (Å²) in [6, 6.07) is 2.14. The van der Waals surface area contributed by atoms with Gasteiger partial charge >= 0.3 is 0 Å². The van der Waals surface area contributed by atoms with Gasteiger partial charge in [0, 0.05) is 6.20 Å². The van der Waals surface area contributed by atoms with E-state index in [1.165, 1.54) is 6.42 Å². The van der Waals surface area contributed by atoms with Gasteiger partial charge in [-0.3, -0.25) is 0 Å². The first-order valence-electron chi connectivity index (χ1n) is 6.96. The number of pyridine rings is 1. The Morgan fingerprint density at radius 2 is 2.30 bits per heavy atom. The third-order valence-electron chi connectivity index (χ3n) is 4.29. The fourth-order valence-corrected chi connectivity index (χ4v) is 3.77. The summed E-state index contributed by atoms with van der Waals surface area (Å²) in [5.41, 5.74) is 1.67. The Morgan fingerprint density at radius 3 is 2.95 bits per heavy atom. The molecule has 4 heterocycles. The summed E-state index contributed by atoms with van der Waals surface area (Å²) in [6.07, 6.45) is 5.62. The summed E-state index contributed by atoms with van der Waals surface area (Å²) < 4.78 is 8.14. The Kier molecular flexibility index (Phi) is 2.95. The molecule has 0 aromatic carbocycles. The molecule has 2 aliphatic rings. The van der Waals surface area contributed by atoms with E-state index < -0.39 is 0 Å². The van der Waals surface area contributed by atoms with Gasteiger partial charge in [0.1, 0.15) is 11.3 Å². The van der Waals surface area contributed by atoms with Gasteiger partial charge in [-0.15, -0.1) is 11.6 Å². The number of rotatable bonds is 2. The molecule has 106 valence electrons. The van der Waals surface area contributed by atoms with Crippen molar-refractivity contribution in [3.8, 4) is 0 Å². The van der Waals surface area contributed by atoms with Crippen molar-refractivity contribution in [2.45, 2.75) is 49.8 Å². The van der Waals surface area contributed by atoms with E-state index in [1.807, 2.05) is 13.0 Å². The summed E-state index contributed by atoms with van der Waals surface area (Å²) in [7, 11) is 0. The third kappa shape index (κ3) is 1.85. The second-order valence-electron chi connectivity index (χ2n) is 5.63. The molecule has 2 aliphatic heterocycles. The summed E-state index contributed by atoms with van der Waals surface area (Å²) in [5.74, 6) is 0.859. The minimum atomic E-state index is -0.165. The number of fused-ring (bicyclic) bond motifs is 3. The number of imidazole rings is 1. The monoisotopic (exact) mass is 311 g/mol. The highest BCUT2D eigenvalue weighted by Gasteiger charge is 2.43. The highest BCUT2D eigenvalue weighted by Crippen LogP contribution is 2.44. The molecule has 2 aromatic heterocycles. The fraction of sp³-hybridized carbons (Fsp3) is 0.571. The van der Waals surface area contributed by atoms with E-state index >= 15 is 0 Å². The highest BCUT2D eigenvalue weighted by molar-refractivity contribution is 6.31. The number of hydrogen-bond donors (Lipinski definition) is 0. The molecule has 2 bridgehead atoms. The minimum absolute atomic E-state index is 0.165. The molecule has 0 radical (unpaired) electrons. The van der Waals surface area contributed by atoms with Gasteiger partial charge in [0.2, 0.25) is 0 Å². The van der Waals surface area contributed by atoms with Crippen LogP contribution in [0.2, 0.25) is 5.02 Å². The van der Waals surface area contributed by atoms with Crippen LogP contribution in [0.3, 0.4) is 0 Å². The van der Waals surface area contributed by atoms with Crippen LogP contribution in [0.4, 0.5) is 0 Å². The Labute approximate surface area is 127 Å². The number of aromatic nitrogens is 3. The van der Waals surface area contributed by atoms with Crippen molar-refractivity contribution in [2.24, 2.45) is 0 Å². The molecule has 20 heavy (non-hydrogen) atoms. The van der Waals surface area contributed by atoms with Gasteiger partial charge in [-0.25, -0.2) is 9.97 Å². The van der Waals surface area contributed by atoms with Crippen molar-refractivity contribution >= 4 is 34.4 Å². The van der Waals surface area contributed by atoms with Gasteiger partial charge in [0.25, 0.3) is 0 Å². The van der Waals surface area contributed by atoms with Crippen molar-refractivity contribution in [3.63, 3.8) is 0 Å². The molecule has 4 atom stereocenters. The van der Waals surface area contributed by atoms with E-state index in [4.69, 9.17) is 27.9 Å². The standard InChI is InChI=1S/C14H15Cl2N3O/c1-7(15)13-18-10-4-8(16)6-17-14(10)19(13)11-5-9-2-3-12(11)20-9/h4,6-7,9,11-12H,2-3,5H2,1H3. The number of nitrogens with zero attached hydrogens (tertiary/aromatic N) is 3. The van der Waals surface area contributed by atoms with Crippen molar-refractivity contribution < 1.29 is 4.74 Å². The third-order valence-corrected chi connectivity index (χ3v) is 4.69. The average molecular weight is 312 g/mol. The van der Waals surface area contributed by atoms with E-state index in [-0.39, 0.29) is 11.5 Å². The first-order chi connectivity index (χ1) is 9.63. The predicted octanol–water partition coefficient (Wildman–Crippen LogP) is 3.88. The number of hydrogen-bond acceptors (Lipinski definition) is 3. The minimum Gasteiger partial charge on any atom is -0.373 e. The zero-order valence-corrected chi connectivity index (χ0v) is 12.6. The largest absolute Gasteiger partial charge is 0.373 e. The van der Waals surface area contributed by atoms with Crippen molar-refractivity contribution in [2.75, 3.05) is 0 Å². The lowest BCUT2D eigenvalue weighted by Crippen LogP contribution is -2.23. The van der Waals surface area contributed by atoms with Crippen LogP contribution in [-0.2, 0) is 4.74 Å². The molecule has 0 N–H and O–H groups in total. The lowest BCUT2D eigenvalue weighted by atomic mass is 9.95. The van der Waals surface area contributed by atoms with Crippen LogP contribution in [0.15, 0.2) is 12.3 Å². The fourth-order valence-electron chi connectivity index (χ4n) is 3.47. The van der Waals surface area contributed by atoms with Crippen LogP contribution in [0.25, 0.3) is 11.2 Å². The van der Waals surface area contributed by atoms with Gasteiger partial charge in [0.05, 0.1) is 28.6 Å². The number of alkyl halides is 1. The van der Waals surface area contributed by atoms with Crippen LogP contribution in [0.1, 0.15) is 43.4 Å². The van der Waals surface area contributed by atoms with Crippen LogP contribution in [0.5, 0.6) is 0 Å². The summed E-state index contributed by atoms with van der Waals surface area (Å²) in [5, 5.41) is 0.433. The number of ether oxygens (including phenoxy) is 1. The maximum Gasteiger partial charge on any atom is 0.160 e. The van der Waals surface area contributed by atoms with Crippen LogP contribution in [0, 0.1) is 0 Å². The molecule has 0 saturated carbocycles. The average Bonchev–Trinajstić information content (AvgIpc) is 3.09. The second kappa shape index (κ2) is 4.58. The molecule has 6 heteroatoms. The smallest absolute Gasteiger partial charge is 0.160 e. The first-order valence-corrected chi connectivity index (χ1v) is 7.78. The van der Waals surface area contributed by atoms with Crippen molar-refractivity contribution in [1.82, 2.24) is 14.5 Å². The molecule has 2 fully saturated rings. The maximum atomic E-state index is 6.32. The topological polar surface area (TPSA) is 39.9 Å². The van der Waals surface area contributed by atoms with Gasteiger partial charge in [-0.1, -0.05) is 11.6 Å². The molecule has 2 saturated heterocycles. The summed E-state index contributed by atoms with van der Waals surface area (Å²) in [6.45, 7) is 1.94. The van der Waals surface area contributed by atoms with Crippen molar-refractivity contribution in [1.29, 1.82) is 0 Å². The lowest BCUT2D eigenvalue weighted by Gasteiger charge is -2.23. The van der Waals surface area contributed by atoms with E-state index in [0.717, 1.165) is 29.8 Å². The Hall–Kier alpha value is -0.840. The van der Waals surface area contributed by atoms with E-state index in [1.54, 1.807) is 6.20 Å². The SMILES string of the molecule is CC(Cl)c1nc2cc(Cl)cnc2n1C1CC2CCC1O2. The zero-order valence-electron chi connectivity index (χ0n) is 11.1. The van der Waals surface area contributed by atoms with E-state index in [0.29, 0.717) is 17.2 Å². The van der Waals surface area contributed by atoms with Crippen LogP contribution >= 0.6 is 23.2 Å². The summed E-state index contributed by atoms with van der Waals surface area (Å²) in [4.78, 5) is 9.10. The first kappa shape index (κ1) is 12.9. The normalized spacial score (nSPS) is 30.2. The van der Waals surface area contributed by atoms with Gasteiger partial charge in [-0.05, 0) is 32.3 Å². The van der Waals surface area contributed by atoms with Crippen LogP contribution < -0.4 is 0 Å². The lowest BCUT2D eigenvalue weighted by molar-refractivity contribution is 0.0939. The molecule has 0 spiro atoms. The molecule has 4 nitrogen and oxygen atoms in total. The molecular formula is C14H15Cl2N3O. The second-order valence-corrected chi connectivity index (χ2v) is 6.72. The van der Waals surface area contributed by atoms with E-state index in [9.17, 15) is 0 Å². The molecule has 4 rings (SSSR count). The van der Waals surface area contributed by atoms with Crippen molar-refractivity contribution in [3.05, 3.63) is 23.1 Å². The van der Waals surface area contributed by atoms with Crippen LogP contribution in [-0.4, -0.2) is 26.7 Å². The van der Waals surface area contributed by atoms with E-state index in [2.05, 4.69) is 14.5 Å². The Morgan fingerprint density at radius 1 is 1.45 bits per heavy atom. The molecule has 2 aromatic rings. The summed E-state index contributed by atoms with van der Waals surface area (Å²) >= 11 is 12.3.